The number of aliphatic carboxylic acids is 1. The number of carboxylic acids is 1. The van der Waals surface area contributed by atoms with Crippen molar-refractivity contribution < 1.29 is 14.3 Å². The minimum atomic E-state index is -0.978. The highest BCUT2D eigenvalue weighted by atomic mass is 35.5. The van der Waals surface area contributed by atoms with E-state index in [1.807, 2.05) is 13.8 Å². The molecule has 1 N–H and O–H groups in total. The Kier molecular flexibility index (Phi) is 4.15. The fraction of sp³-hybridized carbons (Fsp3) is 0.462. The predicted octanol–water partition coefficient (Wildman–Crippen LogP) is 3.77. The van der Waals surface area contributed by atoms with Gasteiger partial charge in [0.05, 0.1) is 5.41 Å². The van der Waals surface area contributed by atoms with Crippen molar-refractivity contribution in [1.82, 2.24) is 0 Å². The normalized spacial score (nSPS) is 14.7. The molecule has 0 saturated heterocycles. The van der Waals surface area contributed by atoms with Gasteiger partial charge in [-0.1, -0.05) is 31.5 Å². The van der Waals surface area contributed by atoms with Crippen molar-refractivity contribution in [3.05, 3.63) is 34.6 Å². The highest BCUT2D eigenvalue weighted by Crippen LogP contribution is 2.33. The average molecular weight is 259 g/mol. The van der Waals surface area contributed by atoms with E-state index in [9.17, 15) is 14.3 Å². The summed E-state index contributed by atoms with van der Waals surface area (Å²) in [5.74, 6) is -1.46. The number of rotatable bonds is 4. The molecule has 4 heteroatoms. The average Bonchev–Trinajstić information content (AvgIpc) is 2.21. The molecule has 0 fully saturated rings. The van der Waals surface area contributed by atoms with Gasteiger partial charge in [-0.15, -0.1) is 0 Å². The van der Waals surface area contributed by atoms with Crippen LogP contribution in [-0.2, 0) is 11.2 Å². The molecule has 1 aromatic carbocycles. The van der Waals surface area contributed by atoms with Gasteiger partial charge in [0.15, 0.2) is 0 Å². The van der Waals surface area contributed by atoms with Gasteiger partial charge in [0.25, 0.3) is 0 Å². The second kappa shape index (κ2) is 5.05. The van der Waals surface area contributed by atoms with Crippen LogP contribution in [0.5, 0.6) is 0 Å². The highest BCUT2D eigenvalue weighted by Gasteiger charge is 2.37. The summed E-state index contributed by atoms with van der Waals surface area (Å²) in [7, 11) is 0. The van der Waals surface area contributed by atoms with Crippen molar-refractivity contribution in [3.8, 4) is 0 Å². The minimum absolute atomic E-state index is 0.0879. The Morgan fingerprint density at radius 3 is 2.53 bits per heavy atom. The molecule has 0 amide bonds. The Labute approximate surface area is 105 Å². The van der Waals surface area contributed by atoms with E-state index in [4.69, 9.17) is 11.6 Å². The molecule has 0 bridgehead atoms. The van der Waals surface area contributed by atoms with Crippen molar-refractivity contribution in [2.45, 2.75) is 27.2 Å². The fourth-order valence-corrected chi connectivity index (χ4v) is 1.75. The van der Waals surface area contributed by atoms with Crippen LogP contribution in [0.25, 0.3) is 0 Å². The lowest BCUT2D eigenvalue weighted by atomic mass is 9.74. The second-order valence-corrected chi connectivity index (χ2v) is 5.23. The summed E-state index contributed by atoms with van der Waals surface area (Å²) in [6, 6.07) is 4.32. The molecule has 0 heterocycles. The number of hydrogen-bond donors (Lipinski definition) is 1. The van der Waals surface area contributed by atoms with Crippen LogP contribution in [0.3, 0.4) is 0 Å². The molecule has 1 rings (SSSR count). The van der Waals surface area contributed by atoms with Gasteiger partial charge in [-0.05, 0) is 37.0 Å². The first kappa shape index (κ1) is 14.0. The van der Waals surface area contributed by atoms with E-state index in [1.165, 1.54) is 6.07 Å². The van der Waals surface area contributed by atoms with Crippen LogP contribution < -0.4 is 0 Å². The summed E-state index contributed by atoms with van der Waals surface area (Å²) < 4.78 is 13.6. The maximum absolute atomic E-state index is 13.6. The molecule has 0 aromatic heterocycles. The van der Waals surface area contributed by atoms with E-state index in [0.717, 1.165) is 0 Å². The van der Waals surface area contributed by atoms with Crippen molar-refractivity contribution in [3.63, 3.8) is 0 Å². The van der Waals surface area contributed by atoms with Crippen LogP contribution in [0.2, 0.25) is 5.02 Å². The summed E-state index contributed by atoms with van der Waals surface area (Å²) in [5.41, 5.74) is -0.595. The molecule has 0 aliphatic carbocycles. The first-order valence-corrected chi connectivity index (χ1v) is 5.82. The van der Waals surface area contributed by atoms with Gasteiger partial charge in [0, 0.05) is 5.02 Å². The quantitative estimate of drug-likeness (QED) is 0.893. The first-order valence-electron chi connectivity index (χ1n) is 5.44. The second-order valence-electron chi connectivity index (χ2n) is 4.79. The van der Waals surface area contributed by atoms with Crippen molar-refractivity contribution in [1.29, 1.82) is 0 Å². The molecule has 1 atom stereocenters. The molecular weight excluding hydrogens is 243 g/mol. The van der Waals surface area contributed by atoms with E-state index >= 15 is 0 Å². The van der Waals surface area contributed by atoms with Gasteiger partial charge < -0.3 is 5.11 Å². The van der Waals surface area contributed by atoms with Crippen LogP contribution in [0.4, 0.5) is 4.39 Å². The van der Waals surface area contributed by atoms with Gasteiger partial charge in [-0.25, -0.2) is 4.39 Å². The number of carboxylic acid groups (broad SMARTS) is 1. The minimum Gasteiger partial charge on any atom is -0.481 e. The molecule has 0 radical (unpaired) electrons. The summed E-state index contributed by atoms with van der Waals surface area (Å²) in [4.78, 5) is 11.3. The molecule has 0 spiro atoms. The zero-order valence-electron chi connectivity index (χ0n) is 10.1. The predicted molar refractivity (Wildman–Crippen MR) is 65.7 cm³/mol. The van der Waals surface area contributed by atoms with Crippen LogP contribution in [0.1, 0.15) is 26.3 Å². The molecule has 0 aliphatic heterocycles. The number of halogens is 2. The van der Waals surface area contributed by atoms with Crippen molar-refractivity contribution in [2.75, 3.05) is 0 Å². The van der Waals surface area contributed by atoms with Crippen LogP contribution in [0, 0.1) is 17.2 Å². The SMILES string of the molecule is CC(C)C(C)(Cc1ccc(Cl)cc1F)C(=O)O. The third-order valence-electron chi connectivity index (χ3n) is 3.34. The summed E-state index contributed by atoms with van der Waals surface area (Å²) in [6.07, 6.45) is 0.156. The zero-order valence-corrected chi connectivity index (χ0v) is 10.9. The third-order valence-corrected chi connectivity index (χ3v) is 3.57. The maximum atomic E-state index is 13.6. The van der Waals surface area contributed by atoms with Gasteiger partial charge in [0.1, 0.15) is 5.82 Å². The van der Waals surface area contributed by atoms with Gasteiger partial charge in [-0.2, -0.15) is 0 Å². The lowest BCUT2D eigenvalue weighted by Crippen LogP contribution is -2.35. The molecule has 17 heavy (non-hydrogen) atoms. The lowest BCUT2D eigenvalue weighted by Gasteiger charge is -2.29. The number of carbonyl (C=O) groups is 1. The smallest absolute Gasteiger partial charge is 0.309 e. The molecule has 0 aliphatic rings. The van der Waals surface area contributed by atoms with Crippen molar-refractivity contribution >= 4 is 17.6 Å². The third kappa shape index (κ3) is 2.97. The Balaban J connectivity index is 3.07. The van der Waals surface area contributed by atoms with Gasteiger partial charge in [-0.3, -0.25) is 4.79 Å². The van der Waals surface area contributed by atoms with E-state index in [-0.39, 0.29) is 12.3 Å². The Bertz CT molecular complexity index is 431. The molecular formula is C13H16ClFO2. The standard InChI is InChI=1S/C13H16ClFO2/c1-8(2)13(3,12(16)17)7-9-4-5-10(14)6-11(9)15/h4-6,8H,7H2,1-3H3,(H,16,17). The molecule has 0 saturated carbocycles. The van der Waals surface area contributed by atoms with E-state index < -0.39 is 17.2 Å². The topological polar surface area (TPSA) is 37.3 Å². The van der Waals surface area contributed by atoms with Crippen LogP contribution >= 0.6 is 11.6 Å². The molecule has 94 valence electrons. The number of benzene rings is 1. The summed E-state index contributed by atoms with van der Waals surface area (Å²) >= 11 is 5.66. The summed E-state index contributed by atoms with van der Waals surface area (Å²) in [5, 5.41) is 9.57. The Morgan fingerprint density at radius 2 is 2.12 bits per heavy atom. The fourth-order valence-electron chi connectivity index (χ4n) is 1.59. The summed E-state index contributed by atoms with van der Waals surface area (Å²) in [6.45, 7) is 5.28. The van der Waals surface area contributed by atoms with E-state index in [0.29, 0.717) is 10.6 Å². The van der Waals surface area contributed by atoms with Gasteiger partial charge >= 0.3 is 5.97 Å². The van der Waals surface area contributed by atoms with Crippen LogP contribution in [-0.4, -0.2) is 11.1 Å². The van der Waals surface area contributed by atoms with Crippen LogP contribution in [0.15, 0.2) is 18.2 Å². The molecule has 1 aromatic rings. The Hall–Kier alpha value is -1.09. The first-order chi connectivity index (χ1) is 7.77. The monoisotopic (exact) mass is 258 g/mol. The zero-order chi connectivity index (χ0) is 13.2. The Morgan fingerprint density at radius 1 is 1.53 bits per heavy atom. The highest BCUT2D eigenvalue weighted by molar-refractivity contribution is 6.30. The van der Waals surface area contributed by atoms with Crippen molar-refractivity contribution in [2.24, 2.45) is 11.3 Å². The van der Waals surface area contributed by atoms with E-state index in [1.54, 1.807) is 19.1 Å². The molecule has 1 unspecified atom stereocenters. The van der Waals surface area contributed by atoms with Gasteiger partial charge in [0.2, 0.25) is 0 Å². The molecule has 2 nitrogen and oxygen atoms in total. The maximum Gasteiger partial charge on any atom is 0.309 e. The lowest BCUT2D eigenvalue weighted by molar-refractivity contribution is -0.150. The number of hydrogen-bond acceptors (Lipinski definition) is 1. The largest absolute Gasteiger partial charge is 0.481 e. The van der Waals surface area contributed by atoms with E-state index in [2.05, 4.69) is 0 Å².